The monoisotopic (exact) mass is 340 g/mol. The van der Waals surface area contributed by atoms with E-state index in [4.69, 9.17) is 5.73 Å². The van der Waals surface area contributed by atoms with Gasteiger partial charge in [-0.25, -0.2) is 0 Å². The van der Waals surface area contributed by atoms with Gasteiger partial charge in [-0.3, -0.25) is 9.59 Å². The highest BCUT2D eigenvalue weighted by Gasteiger charge is 2.41. The van der Waals surface area contributed by atoms with Gasteiger partial charge in [-0.05, 0) is 49.5 Å². The second-order valence-corrected chi connectivity index (χ2v) is 5.92. The van der Waals surface area contributed by atoms with Crippen LogP contribution in [0.25, 0.3) is 6.08 Å². The standard InChI is InChI=1S/C17H19F3N2O2/c18-17(19,20)13-6-8-14(9-7-13)22-15(23)10-3-11-1-4-12(5-2-11)16(21)24/h1-5,10,13-14H,6-9H2,(H2,21,24)(H,22,23)/b10-3+. The molecule has 24 heavy (non-hydrogen) atoms. The van der Waals surface area contributed by atoms with E-state index in [1.54, 1.807) is 30.3 Å². The molecule has 0 spiro atoms. The quantitative estimate of drug-likeness (QED) is 0.827. The molecule has 130 valence electrons. The highest BCUT2D eigenvalue weighted by Crippen LogP contribution is 2.37. The van der Waals surface area contributed by atoms with Crippen LogP contribution < -0.4 is 11.1 Å². The molecule has 0 aromatic heterocycles. The lowest BCUT2D eigenvalue weighted by Gasteiger charge is -2.30. The molecule has 1 aromatic rings. The Morgan fingerprint density at radius 3 is 2.17 bits per heavy atom. The topological polar surface area (TPSA) is 72.2 Å². The second kappa shape index (κ2) is 7.51. The van der Waals surface area contributed by atoms with Crippen molar-refractivity contribution in [3.8, 4) is 0 Å². The number of nitrogens with one attached hydrogen (secondary N) is 1. The average molecular weight is 340 g/mol. The number of carbonyl (C=O) groups excluding carboxylic acids is 2. The Kier molecular flexibility index (Phi) is 5.64. The van der Waals surface area contributed by atoms with Gasteiger partial charge < -0.3 is 11.1 Å². The Morgan fingerprint density at radius 1 is 1.08 bits per heavy atom. The van der Waals surface area contributed by atoms with Crippen molar-refractivity contribution in [3.05, 3.63) is 41.5 Å². The fraction of sp³-hybridized carbons (Fsp3) is 0.412. The van der Waals surface area contributed by atoms with Gasteiger partial charge in [0.05, 0.1) is 5.92 Å². The first-order chi connectivity index (χ1) is 11.3. The second-order valence-electron chi connectivity index (χ2n) is 5.92. The summed E-state index contributed by atoms with van der Waals surface area (Å²) in [6, 6.07) is 6.19. The zero-order chi connectivity index (χ0) is 17.7. The number of benzene rings is 1. The van der Waals surface area contributed by atoms with Crippen molar-refractivity contribution < 1.29 is 22.8 Å². The molecule has 1 aliphatic rings. The molecule has 0 atom stereocenters. The zero-order valence-corrected chi connectivity index (χ0v) is 13.0. The van der Waals surface area contributed by atoms with Crippen LogP contribution in [0.15, 0.2) is 30.3 Å². The fourth-order valence-corrected chi connectivity index (χ4v) is 2.74. The third-order valence-corrected chi connectivity index (χ3v) is 4.16. The maximum absolute atomic E-state index is 12.6. The largest absolute Gasteiger partial charge is 0.391 e. The minimum absolute atomic E-state index is 0.0484. The molecule has 7 heteroatoms. The van der Waals surface area contributed by atoms with E-state index in [0.717, 1.165) is 5.56 Å². The van der Waals surface area contributed by atoms with E-state index in [2.05, 4.69) is 5.32 Å². The van der Waals surface area contributed by atoms with Gasteiger partial charge in [-0.1, -0.05) is 12.1 Å². The molecule has 0 bridgehead atoms. The van der Waals surface area contributed by atoms with Crippen molar-refractivity contribution in [2.45, 2.75) is 37.9 Å². The Labute approximate surface area is 137 Å². The Bertz CT molecular complexity index is 616. The van der Waals surface area contributed by atoms with Crippen molar-refractivity contribution in [2.75, 3.05) is 0 Å². The normalized spacial score (nSPS) is 21.6. The number of amides is 2. The lowest BCUT2D eigenvalue weighted by molar-refractivity contribution is -0.182. The smallest absolute Gasteiger partial charge is 0.366 e. The third-order valence-electron chi connectivity index (χ3n) is 4.16. The molecule has 0 saturated heterocycles. The van der Waals surface area contributed by atoms with Gasteiger partial charge in [0.2, 0.25) is 11.8 Å². The fourth-order valence-electron chi connectivity index (χ4n) is 2.74. The van der Waals surface area contributed by atoms with Crippen LogP contribution in [-0.4, -0.2) is 24.0 Å². The number of carbonyl (C=O) groups is 2. The SMILES string of the molecule is NC(=O)c1ccc(/C=C/C(=O)NC2CCC(C(F)(F)F)CC2)cc1. The van der Waals surface area contributed by atoms with E-state index in [1.807, 2.05) is 0 Å². The molecule has 1 aromatic carbocycles. The van der Waals surface area contributed by atoms with E-state index >= 15 is 0 Å². The van der Waals surface area contributed by atoms with Crippen molar-refractivity contribution >= 4 is 17.9 Å². The summed E-state index contributed by atoms with van der Waals surface area (Å²) in [5.74, 6) is -2.13. The molecule has 3 N–H and O–H groups in total. The molecule has 0 unspecified atom stereocenters. The van der Waals surface area contributed by atoms with E-state index in [-0.39, 0.29) is 24.8 Å². The Balaban J connectivity index is 1.82. The van der Waals surface area contributed by atoms with Gasteiger partial charge in [0.25, 0.3) is 0 Å². The molecule has 0 heterocycles. The number of alkyl halides is 3. The first kappa shape index (κ1) is 18.0. The lowest BCUT2D eigenvalue weighted by Crippen LogP contribution is -2.39. The maximum atomic E-state index is 12.6. The van der Waals surface area contributed by atoms with Crippen LogP contribution in [0.4, 0.5) is 13.2 Å². The zero-order valence-electron chi connectivity index (χ0n) is 13.0. The van der Waals surface area contributed by atoms with Crippen molar-refractivity contribution in [2.24, 2.45) is 11.7 Å². The van der Waals surface area contributed by atoms with Crippen molar-refractivity contribution in [1.29, 1.82) is 0 Å². The van der Waals surface area contributed by atoms with E-state index < -0.39 is 18.0 Å². The molecule has 1 saturated carbocycles. The first-order valence-electron chi connectivity index (χ1n) is 7.71. The summed E-state index contributed by atoms with van der Waals surface area (Å²) < 4.78 is 37.8. The summed E-state index contributed by atoms with van der Waals surface area (Å²) in [5, 5.41) is 2.72. The predicted molar refractivity (Wildman–Crippen MR) is 83.9 cm³/mol. The van der Waals surface area contributed by atoms with Crippen LogP contribution in [0.2, 0.25) is 0 Å². The summed E-state index contributed by atoms with van der Waals surface area (Å²) in [5.41, 5.74) is 6.23. The minimum atomic E-state index is -4.15. The van der Waals surface area contributed by atoms with Gasteiger partial charge >= 0.3 is 6.18 Å². The maximum Gasteiger partial charge on any atom is 0.391 e. The molecular formula is C17H19F3N2O2. The predicted octanol–water partition coefficient (Wildman–Crippen LogP) is 3.04. The molecule has 4 nitrogen and oxygen atoms in total. The van der Waals surface area contributed by atoms with Crippen LogP contribution in [0.1, 0.15) is 41.6 Å². The summed E-state index contributed by atoms with van der Waals surface area (Å²) in [6.45, 7) is 0. The number of halogens is 3. The number of hydrogen-bond acceptors (Lipinski definition) is 2. The molecular weight excluding hydrogens is 321 g/mol. The van der Waals surface area contributed by atoms with E-state index in [1.165, 1.54) is 6.08 Å². The molecule has 1 fully saturated rings. The highest BCUT2D eigenvalue weighted by atomic mass is 19.4. The van der Waals surface area contributed by atoms with E-state index in [0.29, 0.717) is 18.4 Å². The minimum Gasteiger partial charge on any atom is -0.366 e. The summed E-state index contributed by atoms with van der Waals surface area (Å²) in [6.07, 6.45) is -0.490. The third kappa shape index (κ3) is 5.11. The first-order valence-corrected chi connectivity index (χ1v) is 7.71. The van der Waals surface area contributed by atoms with Gasteiger partial charge in [0.1, 0.15) is 0 Å². The molecule has 0 radical (unpaired) electrons. The summed E-state index contributed by atoms with van der Waals surface area (Å²) in [4.78, 5) is 22.8. The Hall–Kier alpha value is -2.31. The highest BCUT2D eigenvalue weighted by molar-refractivity contribution is 5.94. The molecule has 1 aliphatic carbocycles. The summed E-state index contributed by atoms with van der Waals surface area (Å²) in [7, 11) is 0. The average Bonchev–Trinajstić information content (AvgIpc) is 2.53. The molecule has 0 aliphatic heterocycles. The van der Waals surface area contributed by atoms with Crippen LogP contribution >= 0.6 is 0 Å². The van der Waals surface area contributed by atoms with Crippen LogP contribution in [0, 0.1) is 5.92 Å². The Morgan fingerprint density at radius 2 is 1.67 bits per heavy atom. The number of primary amides is 1. The van der Waals surface area contributed by atoms with Gasteiger partial charge in [-0.2, -0.15) is 13.2 Å². The number of rotatable bonds is 4. The van der Waals surface area contributed by atoms with Crippen molar-refractivity contribution in [1.82, 2.24) is 5.32 Å². The molecule has 2 amide bonds. The van der Waals surface area contributed by atoms with Gasteiger partial charge in [-0.15, -0.1) is 0 Å². The van der Waals surface area contributed by atoms with Crippen LogP contribution in [0.3, 0.4) is 0 Å². The van der Waals surface area contributed by atoms with Crippen LogP contribution in [0.5, 0.6) is 0 Å². The lowest BCUT2D eigenvalue weighted by atomic mass is 9.85. The number of nitrogens with two attached hydrogens (primary N) is 1. The van der Waals surface area contributed by atoms with Crippen LogP contribution in [-0.2, 0) is 4.79 Å². The number of hydrogen-bond donors (Lipinski definition) is 2. The van der Waals surface area contributed by atoms with Crippen molar-refractivity contribution in [3.63, 3.8) is 0 Å². The van der Waals surface area contributed by atoms with E-state index in [9.17, 15) is 22.8 Å². The molecule has 2 rings (SSSR count). The summed E-state index contributed by atoms with van der Waals surface area (Å²) >= 11 is 0. The van der Waals surface area contributed by atoms with Gasteiger partial charge in [0.15, 0.2) is 0 Å². The van der Waals surface area contributed by atoms with Gasteiger partial charge in [0, 0.05) is 17.7 Å².